The van der Waals surface area contributed by atoms with Gasteiger partial charge in [0.15, 0.2) is 0 Å². The molecule has 0 aromatic carbocycles. The molecule has 0 saturated heterocycles. The van der Waals surface area contributed by atoms with Gasteiger partial charge in [0.05, 0.1) is 5.71 Å². The first-order chi connectivity index (χ1) is 13.4. The Hall–Kier alpha value is -0.940. The molecule has 1 unspecified atom stereocenters. The van der Waals surface area contributed by atoms with Gasteiger partial charge in [-0.2, -0.15) is 0 Å². The van der Waals surface area contributed by atoms with E-state index in [1.165, 1.54) is 0 Å². The lowest BCUT2D eigenvalue weighted by molar-refractivity contribution is -0.156. The lowest BCUT2D eigenvalue weighted by Gasteiger charge is -2.60. The molecule has 29 heavy (non-hydrogen) atoms. The van der Waals surface area contributed by atoms with Crippen LogP contribution in [0.25, 0.3) is 0 Å². The summed E-state index contributed by atoms with van der Waals surface area (Å²) in [5, 5.41) is 4.40. The first kappa shape index (κ1) is 22.7. The van der Waals surface area contributed by atoms with Gasteiger partial charge in [-0.1, -0.05) is 25.9 Å². The highest BCUT2D eigenvalue weighted by Crippen LogP contribution is 2.65. The topological polar surface area (TPSA) is 81.8 Å². The molecule has 7 atom stereocenters. The van der Waals surface area contributed by atoms with Gasteiger partial charge >= 0.3 is 0 Å². The summed E-state index contributed by atoms with van der Waals surface area (Å²) >= 11 is 0. The second kappa shape index (κ2) is 8.30. The number of nitrogens with zero attached hydrogens (tertiary/aromatic N) is 1. The minimum Gasteiger partial charge on any atom is -0.394 e. The Balaban J connectivity index is 0.00000240. The summed E-state index contributed by atoms with van der Waals surface area (Å²) in [4.78, 5) is 31.5. The summed E-state index contributed by atoms with van der Waals surface area (Å²) in [5.41, 5.74) is 6.44. The summed E-state index contributed by atoms with van der Waals surface area (Å²) in [7, 11) is 0. The van der Waals surface area contributed by atoms with Crippen LogP contribution < -0.4 is 5.73 Å². The molecule has 0 amide bonds. The van der Waals surface area contributed by atoms with E-state index in [0.717, 1.165) is 44.2 Å². The molecule has 5 nitrogen and oxygen atoms in total. The van der Waals surface area contributed by atoms with E-state index in [0.29, 0.717) is 55.3 Å². The van der Waals surface area contributed by atoms with Crippen molar-refractivity contribution in [2.45, 2.75) is 72.1 Å². The molecule has 0 heterocycles. The number of nitrogens with two attached hydrogens (primary N) is 1. The quantitative estimate of drug-likeness (QED) is 0.542. The first-order valence-corrected chi connectivity index (χ1v) is 11.3. The molecule has 4 fully saturated rings. The monoisotopic (exact) mass is 424 g/mol. The van der Waals surface area contributed by atoms with E-state index in [1.54, 1.807) is 0 Å². The van der Waals surface area contributed by atoms with Crippen LogP contribution in [0, 0.1) is 40.4 Å². The predicted molar refractivity (Wildman–Crippen MR) is 116 cm³/mol. The highest BCUT2D eigenvalue weighted by atomic mass is 35.5. The van der Waals surface area contributed by atoms with Gasteiger partial charge in [-0.25, -0.2) is 0 Å². The van der Waals surface area contributed by atoms with Crippen LogP contribution in [0.1, 0.15) is 72.1 Å². The van der Waals surface area contributed by atoms with Crippen molar-refractivity contribution in [3.63, 3.8) is 0 Å². The zero-order valence-corrected chi connectivity index (χ0v) is 18.9. The largest absolute Gasteiger partial charge is 0.394 e. The lowest BCUT2D eigenvalue weighted by Crippen LogP contribution is -2.59. The number of rotatable bonds is 4. The van der Waals surface area contributed by atoms with E-state index < -0.39 is 0 Å². The summed E-state index contributed by atoms with van der Waals surface area (Å²) in [6.07, 6.45) is 7.30. The van der Waals surface area contributed by atoms with Crippen LogP contribution in [0.3, 0.4) is 0 Å². The van der Waals surface area contributed by atoms with E-state index in [-0.39, 0.29) is 35.1 Å². The average Bonchev–Trinajstić information content (AvgIpc) is 2.97. The van der Waals surface area contributed by atoms with Crippen LogP contribution in [0.4, 0.5) is 0 Å². The molecular weight excluding hydrogens is 388 g/mol. The minimum atomic E-state index is -0.174. The van der Waals surface area contributed by atoms with Gasteiger partial charge in [0.2, 0.25) is 0 Å². The number of oxime groups is 1. The van der Waals surface area contributed by atoms with Crippen molar-refractivity contribution >= 4 is 29.7 Å². The Bertz CT molecular complexity index is 696. The van der Waals surface area contributed by atoms with Gasteiger partial charge in [0.25, 0.3) is 0 Å². The third-order valence-electron chi connectivity index (χ3n) is 9.07. The van der Waals surface area contributed by atoms with Gasteiger partial charge in [0.1, 0.15) is 18.2 Å². The van der Waals surface area contributed by atoms with Crippen molar-refractivity contribution in [2.75, 3.05) is 13.2 Å². The Morgan fingerprint density at radius 3 is 2.59 bits per heavy atom. The van der Waals surface area contributed by atoms with E-state index >= 15 is 0 Å². The van der Waals surface area contributed by atoms with Gasteiger partial charge in [0, 0.05) is 36.6 Å². The van der Waals surface area contributed by atoms with Crippen LogP contribution in [0.2, 0.25) is 0 Å². The Labute approximate surface area is 181 Å². The van der Waals surface area contributed by atoms with E-state index in [4.69, 9.17) is 10.6 Å². The zero-order chi connectivity index (χ0) is 20.1. The van der Waals surface area contributed by atoms with Crippen molar-refractivity contribution in [3.8, 4) is 0 Å². The second-order valence-electron chi connectivity index (χ2n) is 10.2. The molecule has 0 spiro atoms. The number of ketones is 2. The van der Waals surface area contributed by atoms with Gasteiger partial charge in [-0.3, -0.25) is 9.59 Å². The van der Waals surface area contributed by atoms with Crippen molar-refractivity contribution in [1.29, 1.82) is 0 Å². The third-order valence-corrected chi connectivity index (χ3v) is 9.07. The molecular formula is C23H37ClN2O3. The molecule has 4 aliphatic rings. The fourth-order valence-corrected chi connectivity index (χ4v) is 7.69. The molecule has 4 rings (SSSR count). The Kier molecular flexibility index (Phi) is 6.51. The van der Waals surface area contributed by atoms with Crippen molar-refractivity contribution < 1.29 is 14.4 Å². The third kappa shape index (κ3) is 3.37. The summed E-state index contributed by atoms with van der Waals surface area (Å²) in [5.74, 6) is 2.44. The van der Waals surface area contributed by atoms with E-state index in [9.17, 15) is 9.59 Å². The fourth-order valence-electron chi connectivity index (χ4n) is 7.69. The van der Waals surface area contributed by atoms with E-state index in [2.05, 4.69) is 25.9 Å². The maximum absolute atomic E-state index is 13.5. The second-order valence-corrected chi connectivity index (χ2v) is 10.2. The zero-order valence-electron chi connectivity index (χ0n) is 18.1. The molecule has 6 heteroatoms. The summed E-state index contributed by atoms with van der Waals surface area (Å²) < 4.78 is 0. The van der Waals surface area contributed by atoms with Crippen LogP contribution >= 0.6 is 12.4 Å². The Morgan fingerprint density at radius 1 is 1.14 bits per heavy atom. The molecule has 2 N–H and O–H groups in total. The SMILES string of the molecule is CC[C@H]1/C(=N/OCCN)CC[C@@]2(C)C1C(=O)C[C@@H]1[C@@H]2CC[C@]2(C)C(=O)CC[C@@H]12.Cl. The van der Waals surface area contributed by atoms with Crippen LogP contribution in [0.5, 0.6) is 0 Å². The molecule has 4 aliphatic carbocycles. The number of halogens is 1. The van der Waals surface area contributed by atoms with Gasteiger partial charge in [-0.15, -0.1) is 12.4 Å². The standard InChI is InChI=1S/C23H36N2O3.ClH/c1-4-14-18(25-28-12-11-24)8-10-23(3)17-7-9-22(2)16(5-6-20(22)27)15(17)13-19(26)21(14)23;/h14-17,21H,4-13,24H2,1-3H3;1H/b25-18+;/t14-,15-,16-,17-,21?,22-,23+;/m0./s1. The van der Waals surface area contributed by atoms with Gasteiger partial charge < -0.3 is 10.6 Å². The maximum atomic E-state index is 13.5. The molecule has 0 aliphatic heterocycles. The van der Waals surface area contributed by atoms with Crippen LogP contribution in [0.15, 0.2) is 5.16 Å². The van der Waals surface area contributed by atoms with Gasteiger partial charge in [-0.05, 0) is 61.7 Å². The highest BCUT2D eigenvalue weighted by molar-refractivity contribution is 5.95. The predicted octanol–water partition coefficient (Wildman–Crippen LogP) is 4.17. The maximum Gasteiger partial charge on any atom is 0.139 e. The number of hydrogen-bond acceptors (Lipinski definition) is 5. The normalized spacial score (nSPS) is 45.2. The smallest absolute Gasteiger partial charge is 0.139 e. The molecule has 0 bridgehead atoms. The molecule has 164 valence electrons. The number of Topliss-reactive ketones (excluding diaryl/α,β-unsaturated/α-hetero) is 2. The number of fused-ring (bicyclic) bond motifs is 5. The fraction of sp³-hybridized carbons (Fsp3) is 0.870. The number of carbonyl (C=O) groups is 2. The molecule has 0 aromatic rings. The first-order valence-electron chi connectivity index (χ1n) is 11.3. The lowest BCUT2D eigenvalue weighted by atomic mass is 9.43. The number of carbonyl (C=O) groups excluding carboxylic acids is 2. The van der Waals surface area contributed by atoms with Crippen molar-refractivity contribution in [3.05, 3.63) is 0 Å². The summed E-state index contributed by atoms with van der Waals surface area (Å²) in [6.45, 7) is 7.59. The summed E-state index contributed by atoms with van der Waals surface area (Å²) in [6, 6.07) is 0. The molecule has 4 saturated carbocycles. The van der Waals surface area contributed by atoms with Crippen LogP contribution in [-0.4, -0.2) is 30.4 Å². The van der Waals surface area contributed by atoms with E-state index in [1.807, 2.05) is 0 Å². The minimum absolute atomic E-state index is 0. The van der Waals surface area contributed by atoms with Crippen LogP contribution in [-0.2, 0) is 14.4 Å². The van der Waals surface area contributed by atoms with Crippen molar-refractivity contribution in [1.82, 2.24) is 0 Å². The Morgan fingerprint density at radius 2 is 1.90 bits per heavy atom. The average molecular weight is 425 g/mol. The number of hydrogen-bond donors (Lipinski definition) is 1. The highest BCUT2D eigenvalue weighted by Gasteiger charge is 2.63. The van der Waals surface area contributed by atoms with Crippen molar-refractivity contribution in [2.24, 2.45) is 51.3 Å². The molecule has 0 aromatic heterocycles. The molecule has 0 radical (unpaired) electrons.